The van der Waals surface area contributed by atoms with Crippen molar-refractivity contribution in [1.82, 2.24) is 14.9 Å². The molecule has 0 aliphatic carbocycles. The minimum absolute atomic E-state index is 0.0780. The van der Waals surface area contributed by atoms with Gasteiger partial charge in [-0.15, -0.1) is 0 Å². The number of aromatic nitrogens is 2. The van der Waals surface area contributed by atoms with Gasteiger partial charge >= 0.3 is 17.9 Å². The number of rotatable bonds is 8. The number of hydrogen-bond acceptors (Lipinski definition) is 12. The van der Waals surface area contributed by atoms with Crippen molar-refractivity contribution in [3.63, 3.8) is 0 Å². The first-order chi connectivity index (χ1) is 24.0. The molecule has 0 unspecified atom stereocenters. The van der Waals surface area contributed by atoms with E-state index in [1.807, 2.05) is 0 Å². The van der Waals surface area contributed by atoms with E-state index in [-0.39, 0.29) is 30.9 Å². The van der Waals surface area contributed by atoms with Gasteiger partial charge < -0.3 is 43.4 Å². The van der Waals surface area contributed by atoms with Crippen LogP contribution < -0.4 is 5.32 Å². The Bertz CT molecular complexity index is 2270. The lowest BCUT2D eigenvalue weighted by Gasteiger charge is -2.45. The van der Waals surface area contributed by atoms with E-state index < -0.39 is 60.4 Å². The summed E-state index contributed by atoms with van der Waals surface area (Å²) in [5.74, 6) is -3.30. The molecule has 1 fully saturated rings. The van der Waals surface area contributed by atoms with Crippen molar-refractivity contribution >= 4 is 73.3 Å². The van der Waals surface area contributed by atoms with Crippen LogP contribution in [0.15, 0.2) is 36.4 Å². The topological polar surface area (TPSA) is 205 Å². The normalized spacial score (nSPS) is 21.9. The zero-order valence-electron chi connectivity index (χ0n) is 27.4. The third-order valence-electron chi connectivity index (χ3n) is 9.15. The Morgan fingerprint density at radius 2 is 1.44 bits per heavy atom. The lowest BCUT2D eigenvalue weighted by molar-refractivity contribution is -0.267. The second kappa shape index (κ2) is 12.5. The largest absolute Gasteiger partial charge is 0.463 e. The molecular formula is C35H33N3O12. The smallest absolute Gasteiger partial charge is 0.303 e. The van der Waals surface area contributed by atoms with Crippen LogP contribution in [-0.2, 0) is 51.3 Å². The highest BCUT2D eigenvalue weighted by atomic mass is 16.6. The van der Waals surface area contributed by atoms with Crippen molar-refractivity contribution in [2.75, 3.05) is 13.7 Å². The fourth-order valence-electron chi connectivity index (χ4n) is 7.29. The molecule has 15 heteroatoms. The molecule has 15 nitrogen and oxygen atoms in total. The number of hydrogen-bond donors (Lipinski definition) is 4. The predicted octanol–water partition coefficient (Wildman–Crippen LogP) is 2.64. The summed E-state index contributed by atoms with van der Waals surface area (Å²) in [6, 6.07) is 10.2. The lowest BCUT2D eigenvalue weighted by Crippen LogP contribution is -2.60. The Labute approximate surface area is 282 Å². The molecule has 2 amide bonds. The average molecular weight is 688 g/mol. The number of fused-ring (bicyclic) bond motifs is 10. The first-order valence-corrected chi connectivity index (χ1v) is 15.8. The van der Waals surface area contributed by atoms with Crippen LogP contribution >= 0.6 is 0 Å². The number of carbonyl (C=O) groups is 5. The molecule has 1 saturated heterocycles. The number of aromatic amines is 1. The van der Waals surface area contributed by atoms with Gasteiger partial charge in [0.2, 0.25) is 0 Å². The molecule has 260 valence electrons. The number of aliphatic hydroxyl groups is 2. The minimum Gasteiger partial charge on any atom is -0.463 e. The zero-order chi connectivity index (χ0) is 35.6. The van der Waals surface area contributed by atoms with E-state index in [1.165, 1.54) is 27.9 Å². The van der Waals surface area contributed by atoms with E-state index in [2.05, 4.69) is 10.3 Å². The third kappa shape index (κ3) is 5.17. The van der Waals surface area contributed by atoms with Gasteiger partial charge in [0.15, 0.2) is 18.4 Å². The maximum Gasteiger partial charge on any atom is 0.303 e. The number of nitrogens with zero attached hydrogens (tertiary/aromatic N) is 1. The monoisotopic (exact) mass is 687 g/mol. The van der Waals surface area contributed by atoms with E-state index in [9.17, 15) is 34.2 Å². The van der Waals surface area contributed by atoms with Crippen molar-refractivity contribution in [1.29, 1.82) is 0 Å². The van der Waals surface area contributed by atoms with Gasteiger partial charge in [0.05, 0.1) is 40.9 Å². The van der Waals surface area contributed by atoms with E-state index in [0.717, 1.165) is 0 Å². The van der Waals surface area contributed by atoms with Gasteiger partial charge in [-0.2, -0.15) is 0 Å². The molecule has 7 rings (SSSR count). The molecule has 5 atom stereocenters. The number of nitrogens with one attached hydrogen (secondary N) is 2. The maximum absolute atomic E-state index is 13.7. The standard InChI is InChI=1S/C35H33N3O12/c1-14(41)47-13-23-30(46-4)31(48-15(2)42)32(49-16(3)43)35(50-23)38-22-8-6-18(12-40)10-20(22)25-27-26(33(44)37-34(27)45)24-19-9-17(11-39)5-7-21(19)36-28(24)29(25)38/h5-10,23,30-32,35-36,39-40H,11-13H2,1-4H3,(H,37,44,45)/t23-,30-,31+,32-,35-/m1/s1. The molecule has 3 aromatic carbocycles. The highest BCUT2D eigenvalue weighted by molar-refractivity contribution is 6.39. The van der Waals surface area contributed by atoms with Crippen LogP contribution in [0.4, 0.5) is 0 Å². The van der Waals surface area contributed by atoms with Crippen LogP contribution in [0, 0.1) is 0 Å². The number of esters is 3. The second-order valence-corrected chi connectivity index (χ2v) is 12.3. The SMILES string of the molecule is CO[C@H]1[C@H](OC(C)=O)[C@@H](OC(C)=O)[C@H](n2c3ccc(CO)cc3c3c4c(c5c6cc(CO)ccc6[nH]c5c32)C(=O)NC4=O)O[C@@H]1COC(C)=O. The second-order valence-electron chi connectivity index (χ2n) is 12.3. The Morgan fingerprint density at radius 3 is 2.06 bits per heavy atom. The fourth-order valence-corrected chi connectivity index (χ4v) is 7.29. The molecular weight excluding hydrogens is 654 g/mol. The lowest BCUT2D eigenvalue weighted by atomic mass is 9.95. The fraction of sp³-hybridized carbons (Fsp3) is 0.343. The summed E-state index contributed by atoms with van der Waals surface area (Å²) in [6.07, 6.45) is -6.05. The van der Waals surface area contributed by atoms with Gasteiger partial charge in [0, 0.05) is 54.9 Å². The van der Waals surface area contributed by atoms with E-state index in [4.69, 9.17) is 23.7 Å². The molecule has 2 aliphatic rings. The van der Waals surface area contributed by atoms with E-state index >= 15 is 0 Å². The summed E-state index contributed by atoms with van der Waals surface area (Å²) in [7, 11) is 1.35. The molecule has 4 N–H and O–H groups in total. The average Bonchev–Trinajstić information content (AvgIpc) is 3.71. The van der Waals surface area contributed by atoms with Gasteiger partial charge in [-0.25, -0.2) is 0 Å². The molecule has 0 saturated carbocycles. The number of ether oxygens (including phenoxy) is 5. The van der Waals surface area contributed by atoms with Crippen molar-refractivity contribution in [2.45, 2.75) is 64.6 Å². The third-order valence-corrected chi connectivity index (χ3v) is 9.15. The molecule has 0 bridgehead atoms. The van der Waals surface area contributed by atoms with Crippen LogP contribution in [0.5, 0.6) is 0 Å². The number of amides is 2. The summed E-state index contributed by atoms with van der Waals surface area (Å²) in [6.45, 7) is 2.67. The molecule has 5 aromatic rings. The Morgan fingerprint density at radius 1 is 0.820 bits per heavy atom. The van der Waals surface area contributed by atoms with Crippen molar-refractivity contribution < 1.29 is 57.9 Å². The van der Waals surface area contributed by atoms with Gasteiger partial charge in [-0.1, -0.05) is 12.1 Å². The molecule has 2 aliphatic heterocycles. The predicted molar refractivity (Wildman–Crippen MR) is 175 cm³/mol. The van der Waals surface area contributed by atoms with Crippen molar-refractivity contribution in [3.05, 3.63) is 58.7 Å². The molecule has 0 radical (unpaired) electrons. The molecule has 0 spiro atoms. The first-order valence-electron chi connectivity index (χ1n) is 15.8. The highest BCUT2D eigenvalue weighted by Crippen LogP contribution is 2.47. The number of imide groups is 1. The quantitative estimate of drug-likeness (QED) is 0.106. The van der Waals surface area contributed by atoms with Gasteiger partial charge in [-0.3, -0.25) is 29.3 Å². The van der Waals surface area contributed by atoms with Crippen molar-refractivity contribution in [3.8, 4) is 0 Å². The Kier molecular flexibility index (Phi) is 8.30. The number of aliphatic hydroxyl groups excluding tert-OH is 2. The van der Waals surface area contributed by atoms with Crippen LogP contribution in [-0.4, -0.2) is 87.6 Å². The minimum atomic E-state index is -1.35. The number of H-pyrrole nitrogens is 1. The summed E-state index contributed by atoms with van der Waals surface area (Å²) in [5, 5.41) is 24.3. The number of carbonyl (C=O) groups excluding carboxylic acids is 5. The van der Waals surface area contributed by atoms with Crippen LogP contribution in [0.3, 0.4) is 0 Å². The van der Waals surface area contributed by atoms with Crippen LogP contribution in [0.2, 0.25) is 0 Å². The molecule has 2 aromatic heterocycles. The molecule has 50 heavy (non-hydrogen) atoms. The summed E-state index contributed by atoms with van der Waals surface area (Å²) in [5.41, 5.74) is 3.09. The number of methoxy groups -OCH3 is 1. The number of benzene rings is 3. The van der Waals surface area contributed by atoms with Crippen molar-refractivity contribution in [2.24, 2.45) is 0 Å². The van der Waals surface area contributed by atoms with E-state index in [1.54, 1.807) is 41.0 Å². The Balaban J connectivity index is 1.64. The summed E-state index contributed by atoms with van der Waals surface area (Å²) in [4.78, 5) is 67.8. The first kappa shape index (κ1) is 33.2. The highest BCUT2D eigenvalue weighted by Gasteiger charge is 2.52. The van der Waals surface area contributed by atoms with Crippen LogP contribution in [0.25, 0.3) is 43.6 Å². The van der Waals surface area contributed by atoms with Gasteiger partial charge in [0.25, 0.3) is 11.8 Å². The van der Waals surface area contributed by atoms with E-state index in [0.29, 0.717) is 54.7 Å². The summed E-state index contributed by atoms with van der Waals surface area (Å²) < 4.78 is 31.0. The zero-order valence-corrected chi connectivity index (χ0v) is 27.4. The maximum atomic E-state index is 13.7. The molecule has 4 heterocycles. The van der Waals surface area contributed by atoms with Crippen LogP contribution in [0.1, 0.15) is 58.8 Å². The Hall–Kier alpha value is -5.35. The van der Waals surface area contributed by atoms with Gasteiger partial charge in [-0.05, 0) is 35.4 Å². The summed E-state index contributed by atoms with van der Waals surface area (Å²) >= 11 is 0. The van der Waals surface area contributed by atoms with Gasteiger partial charge in [0.1, 0.15) is 18.8 Å².